The van der Waals surface area contributed by atoms with E-state index in [1.807, 2.05) is 6.92 Å². The van der Waals surface area contributed by atoms with E-state index < -0.39 is 22.5 Å². The maximum atomic E-state index is 13.6. The second-order valence-corrected chi connectivity index (χ2v) is 10.6. The first-order chi connectivity index (χ1) is 18.4. The quantitative estimate of drug-likeness (QED) is 0.384. The monoisotopic (exact) mass is 537 g/mol. The Morgan fingerprint density at radius 2 is 1.71 bits per heavy atom. The van der Waals surface area contributed by atoms with Crippen LogP contribution in [-0.2, 0) is 19.6 Å². The van der Waals surface area contributed by atoms with E-state index in [1.54, 1.807) is 66.7 Å². The molecule has 1 aliphatic heterocycles. The van der Waals surface area contributed by atoms with Gasteiger partial charge in [0.1, 0.15) is 12.3 Å². The number of ether oxygens (including phenoxy) is 2. The minimum Gasteiger partial charge on any atom is -0.494 e. The lowest BCUT2D eigenvalue weighted by atomic mass is 10.1. The lowest BCUT2D eigenvalue weighted by Crippen LogP contribution is -2.38. The van der Waals surface area contributed by atoms with Crippen LogP contribution >= 0.6 is 0 Å². The molecule has 1 atom stereocenters. The summed E-state index contributed by atoms with van der Waals surface area (Å²) in [7, 11) is -4.07. The number of para-hydroxylation sites is 1. The molecule has 1 heterocycles. The number of sulfonamides is 1. The molecular weight excluding hydrogens is 506 g/mol. The standard InChI is InChI=1S/C28H31N3O6S/c1-2-36-22-16-14-21(15-17-22)31(38(34,35)24-10-4-3-5-11-24)20-27(32)30-26-13-7-6-12-25(26)28(33)29-19-23-9-8-18-37-23/h3-7,10-17,23H,2,8-9,18-20H2,1H3,(H,29,33)(H,30,32)/t23-/m1/s1. The summed E-state index contributed by atoms with van der Waals surface area (Å²) in [6.07, 6.45) is 1.83. The van der Waals surface area contributed by atoms with E-state index >= 15 is 0 Å². The van der Waals surface area contributed by atoms with Gasteiger partial charge < -0.3 is 20.1 Å². The van der Waals surface area contributed by atoms with E-state index in [1.165, 1.54) is 12.1 Å². The van der Waals surface area contributed by atoms with Gasteiger partial charge in [-0.3, -0.25) is 13.9 Å². The summed E-state index contributed by atoms with van der Waals surface area (Å²) in [5, 5.41) is 5.56. The van der Waals surface area contributed by atoms with Crippen molar-refractivity contribution >= 4 is 33.2 Å². The third kappa shape index (κ3) is 6.70. The van der Waals surface area contributed by atoms with Crippen molar-refractivity contribution in [2.75, 3.05) is 35.9 Å². The van der Waals surface area contributed by atoms with Crippen LogP contribution in [0.25, 0.3) is 0 Å². The Labute approximate surface area is 222 Å². The topological polar surface area (TPSA) is 114 Å². The molecule has 4 rings (SSSR count). The number of nitrogens with zero attached hydrogens (tertiary/aromatic N) is 1. The number of hydrogen-bond donors (Lipinski definition) is 2. The first kappa shape index (κ1) is 27.2. The minimum absolute atomic E-state index is 0.0217. The van der Waals surface area contributed by atoms with Gasteiger partial charge in [-0.1, -0.05) is 30.3 Å². The van der Waals surface area contributed by atoms with Gasteiger partial charge in [0.05, 0.1) is 34.5 Å². The highest BCUT2D eigenvalue weighted by atomic mass is 32.2. The Morgan fingerprint density at radius 3 is 2.39 bits per heavy atom. The number of rotatable bonds is 11. The average molecular weight is 538 g/mol. The minimum atomic E-state index is -4.07. The molecule has 0 unspecified atom stereocenters. The number of benzene rings is 3. The molecule has 0 bridgehead atoms. The summed E-state index contributed by atoms with van der Waals surface area (Å²) in [5.41, 5.74) is 0.860. The van der Waals surface area contributed by atoms with Gasteiger partial charge in [0.2, 0.25) is 5.91 Å². The molecule has 10 heteroatoms. The lowest BCUT2D eigenvalue weighted by molar-refractivity contribution is -0.114. The van der Waals surface area contributed by atoms with Crippen LogP contribution in [0.2, 0.25) is 0 Å². The van der Waals surface area contributed by atoms with Crippen molar-refractivity contribution in [2.24, 2.45) is 0 Å². The highest BCUT2D eigenvalue weighted by Gasteiger charge is 2.28. The molecular formula is C28H31N3O6S. The Morgan fingerprint density at radius 1 is 1.00 bits per heavy atom. The predicted octanol–water partition coefficient (Wildman–Crippen LogP) is 3.83. The van der Waals surface area contributed by atoms with Gasteiger partial charge in [0.25, 0.3) is 15.9 Å². The van der Waals surface area contributed by atoms with Crippen LogP contribution in [0, 0.1) is 0 Å². The Hall–Kier alpha value is -3.89. The lowest BCUT2D eigenvalue weighted by Gasteiger charge is -2.24. The molecule has 200 valence electrons. The third-order valence-corrected chi connectivity index (χ3v) is 7.80. The molecule has 1 aliphatic rings. The average Bonchev–Trinajstić information content (AvgIpc) is 3.46. The number of carbonyl (C=O) groups excluding carboxylic acids is 2. The SMILES string of the molecule is CCOc1ccc(N(CC(=O)Nc2ccccc2C(=O)NC[C@H]2CCCO2)S(=O)(=O)c2ccccc2)cc1. The summed E-state index contributed by atoms with van der Waals surface area (Å²) in [4.78, 5) is 26.1. The molecule has 0 aliphatic carbocycles. The van der Waals surface area contributed by atoms with E-state index in [0.29, 0.717) is 31.2 Å². The van der Waals surface area contributed by atoms with Gasteiger partial charge >= 0.3 is 0 Å². The van der Waals surface area contributed by atoms with Gasteiger partial charge in [0.15, 0.2) is 0 Å². The molecule has 0 spiro atoms. The smallest absolute Gasteiger partial charge is 0.264 e. The van der Waals surface area contributed by atoms with Crippen molar-refractivity contribution in [3.05, 3.63) is 84.4 Å². The number of amides is 2. The summed E-state index contributed by atoms with van der Waals surface area (Å²) in [6, 6.07) is 21.0. The molecule has 1 saturated heterocycles. The summed E-state index contributed by atoms with van der Waals surface area (Å²) in [5.74, 6) is -0.366. The summed E-state index contributed by atoms with van der Waals surface area (Å²) >= 11 is 0. The first-order valence-corrected chi connectivity index (χ1v) is 13.9. The van der Waals surface area contributed by atoms with Crippen LogP contribution in [0.1, 0.15) is 30.1 Å². The molecule has 0 radical (unpaired) electrons. The zero-order chi connectivity index (χ0) is 27.0. The van der Waals surface area contributed by atoms with E-state index in [4.69, 9.17) is 9.47 Å². The fourth-order valence-electron chi connectivity index (χ4n) is 4.13. The Bertz CT molecular complexity index is 1340. The largest absolute Gasteiger partial charge is 0.494 e. The third-order valence-electron chi connectivity index (χ3n) is 6.01. The van der Waals surface area contributed by atoms with E-state index in [-0.39, 0.29) is 28.2 Å². The van der Waals surface area contributed by atoms with Crippen molar-refractivity contribution in [1.29, 1.82) is 0 Å². The summed E-state index contributed by atoms with van der Waals surface area (Å²) in [6.45, 7) is 2.88. The predicted molar refractivity (Wildman–Crippen MR) is 145 cm³/mol. The van der Waals surface area contributed by atoms with Crippen LogP contribution in [-0.4, -0.2) is 52.6 Å². The van der Waals surface area contributed by atoms with Gasteiger partial charge in [0, 0.05) is 13.2 Å². The fraction of sp³-hybridized carbons (Fsp3) is 0.286. The van der Waals surface area contributed by atoms with Gasteiger partial charge in [-0.25, -0.2) is 8.42 Å². The normalized spacial score (nSPS) is 15.0. The van der Waals surface area contributed by atoms with Crippen molar-refractivity contribution in [1.82, 2.24) is 5.32 Å². The zero-order valence-corrected chi connectivity index (χ0v) is 21.9. The van der Waals surface area contributed by atoms with Crippen LogP contribution in [0.5, 0.6) is 5.75 Å². The van der Waals surface area contributed by atoms with Crippen LogP contribution in [0.3, 0.4) is 0 Å². The van der Waals surface area contributed by atoms with Crippen molar-refractivity contribution < 1.29 is 27.5 Å². The maximum Gasteiger partial charge on any atom is 0.264 e. The number of carbonyl (C=O) groups is 2. The molecule has 9 nitrogen and oxygen atoms in total. The molecule has 0 aromatic heterocycles. The van der Waals surface area contributed by atoms with Gasteiger partial charge in [-0.15, -0.1) is 0 Å². The second-order valence-electron chi connectivity index (χ2n) is 8.69. The molecule has 2 amide bonds. The molecule has 38 heavy (non-hydrogen) atoms. The van der Waals surface area contributed by atoms with Crippen molar-refractivity contribution in [3.63, 3.8) is 0 Å². The Kier molecular flexibility index (Phi) is 8.98. The molecule has 3 aromatic carbocycles. The van der Waals surface area contributed by atoms with E-state index in [2.05, 4.69) is 10.6 Å². The maximum absolute atomic E-state index is 13.6. The van der Waals surface area contributed by atoms with Gasteiger partial charge in [-0.2, -0.15) is 0 Å². The first-order valence-electron chi connectivity index (χ1n) is 12.5. The number of nitrogens with one attached hydrogen (secondary N) is 2. The van der Waals surface area contributed by atoms with Gasteiger partial charge in [-0.05, 0) is 68.3 Å². The molecule has 3 aromatic rings. The highest BCUT2D eigenvalue weighted by molar-refractivity contribution is 7.92. The number of anilines is 2. The second kappa shape index (κ2) is 12.6. The number of hydrogen-bond acceptors (Lipinski definition) is 6. The van der Waals surface area contributed by atoms with Crippen LogP contribution < -0.4 is 19.7 Å². The van der Waals surface area contributed by atoms with Crippen molar-refractivity contribution in [2.45, 2.75) is 30.8 Å². The fourth-order valence-corrected chi connectivity index (χ4v) is 5.57. The Balaban J connectivity index is 1.54. The molecule has 0 saturated carbocycles. The summed E-state index contributed by atoms with van der Waals surface area (Å²) < 4.78 is 39.2. The van der Waals surface area contributed by atoms with E-state index in [0.717, 1.165) is 17.1 Å². The van der Waals surface area contributed by atoms with Crippen LogP contribution in [0.15, 0.2) is 83.8 Å². The highest BCUT2D eigenvalue weighted by Crippen LogP contribution is 2.26. The van der Waals surface area contributed by atoms with E-state index in [9.17, 15) is 18.0 Å². The molecule has 1 fully saturated rings. The molecule has 2 N–H and O–H groups in total. The van der Waals surface area contributed by atoms with Crippen LogP contribution in [0.4, 0.5) is 11.4 Å². The van der Waals surface area contributed by atoms with Crippen molar-refractivity contribution in [3.8, 4) is 5.75 Å². The zero-order valence-electron chi connectivity index (χ0n) is 21.1.